The molecule has 2 fully saturated rings. The molecule has 0 aromatic heterocycles. The summed E-state index contributed by atoms with van der Waals surface area (Å²) in [6, 6.07) is 0. The fraction of sp³-hybridized carbons (Fsp3) is 0.692. The van der Waals surface area contributed by atoms with Crippen LogP contribution in [0, 0.1) is 11.3 Å². The molecule has 2 saturated carbocycles. The van der Waals surface area contributed by atoms with Gasteiger partial charge in [0, 0.05) is 12.8 Å². The molecular weight excluding hydrogens is 392 g/mol. The van der Waals surface area contributed by atoms with Crippen LogP contribution in [-0.4, -0.2) is 37.7 Å². The van der Waals surface area contributed by atoms with Gasteiger partial charge in [0.25, 0.3) is 0 Å². The van der Waals surface area contributed by atoms with Crippen LogP contribution in [0.3, 0.4) is 0 Å². The summed E-state index contributed by atoms with van der Waals surface area (Å²) in [4.78, 5) is -1.01. The Hall–Kier alpha value is -0.810. The molecule has 0 radical (unpaired) electrons. The number of rotatable bonds is 6. The summed E-state index contributed by atoms with van der Waals surface area (Å²) in [5.41, 5.74) is 4.35. The smallest absolute Gasteiger partial charge is 0.117 e. The van der Waals surface area contributed by atoms with Gasteiger partial charge in [-0.05, 0) is 80.6 Å². The lowest BCUT2D eigenvalue weighted by Crippen LogP contribution is -2.37. The first-order chi connectivity index (χ1) is 14.0. The minimum absolute atomic E-state index is 0.292. The fourth-order valence-electron chi connectivity index (χ4n) is 5.55. The van der Waals surface area contributed by atoms with E-state index in [-0.39, 0.29) is 0 Å². The second-order valence-corrected chi connectivity index (χ2v) is 11.8. The molecule has 168 valence electrons. The molecule has 0 aliphatic heterocycles. The Balaban J connectivity index is 1.75. The van der Waals surface area contributed by atoms with E-state index in [2.05, 4.69) is 38.7 Å². The standard InChI is InChI=1S/C26H40O3S/c1-6-21-11-12-22-19(8-7-13-25(21,22)5)9-10-20-16-26(29,17-23(27)18(20)2)30-15-14-24(3,4)28/h9-11,22-23,27-29H,2,6-8,12-17H2,1,3-5H3/t22-,23-,25+,26-/m0/s1. The first kappa shape index (κ1) is 23.8. The first-order valence-corrected chi connectivity index (χ1v) is 12.5. The van der Waals surface area contributed by atoms with Crippen LogP contribution in [0.25, 0.3) is 0 Å². The maximum atomic E-state index is 11.1. The monoisotopic (exact) mass is 432 g/mol. The lowest BCUT2D eigenvalue weighted by Gasteiger charge is -2.41. The number of aliphatic hydroxyl groups is 3. The van der Waals surface area contributed by atoms with Gasteiger partial charge in [-0.15, -0.1) is 11.8 Å². The summed E-state index contributed by atoms with van der Waals surface area (Å²) >= 11 is 1.44. The molecule has 0 saturated heterocycles. The maximum Gasteiger partial charge on any atom is 0.117 e. The third-order valence-corrected chi connectivity index (χ3v) is 8.73. The molecule has 0 unspecified atom stereocenters. The van der Waals surface area contributed by atoms with E-state index in [1.165, 1.54) is 30.2 Å². The summed E-state index contributed by atoms with van der Waals surface area (Å²) in [6.45, 7) is 12.4. The predicted molar refractivity (Wildman–Crippen MR) is 127 cm³/mol. The Kier molecular flexibility index (Phi) is 7.13. The van der Waals surface area contributed by atoms with Crippen LogP contribution in [0.4, 0.5) is 0 Å². The second-order valence-electron chi connectivity index (χ2n) is 10.4. The highest BCUT2D eigenvalue weighted by atomic mass is 32.2. The highest BCUT2D eigenvalue weighted by molar-refractivity contribution is 8.00. The maximum absolute atomic E-state index is 11.1. The second kappa shape index (κ2) is 8.97. The summed E-state index contributed by atoms with van der Waals surface area (Å²) in [6.07, 6.45) is 13.4. The third-order valence-electron chi connectivity index (χ3n) is 7.47. The van der Waals surface area contributed by atoms with Crippen molar-refractivity contribution in [3.8, 4) is 0 Å². The predicted octanol–water partition coefficient (Wildman–Crippen LogP) is 5.68. The number of allylic oxidation sites excluding steroid dienone is 5. The van der Waals surface area contributed by atoms with Gasteiger partial charge < -0.3 is 15.3 Å². The highest BCUT2D eigenvalue weighted by Gasteiger charge is 2.44. The summed E-state index contributed by atoms with van der Waals surface area (Å²) in [5.74, 6) is 1.24. The van der Waals surface area contributed by atoms with Gasteiger partial charge in [-0.1, -0.05) is 49.8 Å². The average Bonchev–Trinajstić information content (AvgIpc) is 2.99. The number of fused-ring (bicyclic) bond motifs is 1. The molecule has 0 spiro atoms. The van der Waals surface area contributed by atoms with Gasteiger partial charge >= 0.3 is 0 Å². The fourth-order valence-corrected chi connectivity index (χ4v) is 7.07. The Morgan fingerprint density at radius 1 is 1.33 bits per heavy atom. The molecule has 0 heterocycles. The van der Waals surface area contributed by atoms with E-state index in [0.29, 0.717) is 36.3 Å². The third kappa shape index (κ3) is 5.15. The Morgan fingerprint density at radius 3 is 2.73 bits per heavy atom. The normalized spacial score (nSPS) is 37.6. The molecule has 3 rings (SSSR count). The van der Waals surface area contributed by atoms with Gasteiger partial charge in [-0.25, -0.2) is 0 Å². The molecule has 0 bridgehead atoms. The van der Waals surface area contributed by atoms with E-state index in [1.807, 2.05) is 0 Å². The molecule has 3 N–H and O–H groups in total. The first-order valence-electron chi connectivity index (χ1n) is 11.5. The van der Waals surface area contributed by atoms with Crippen molar-refractivity contribution in [2.24, 2.45) is 11.3 Å². The molecule has 4 atom stereocenters. The van der Waals surface area contributed by atoms with Crippen LogP contribution in [0.2, 0.25) is 0 Å². The Bertz CT molecular complexity index is 757. The number of thioether (sulfide) groups is 1. The van der Waals surface area contributed by atoms with Crippen LogP contribution >= 0.6 is 11.8 Å². The summed E-state index contributed by atoms with van der Waals surface area (Å²) in [7, 11) is 0. The zero-order chi connectivity index (χ0) is 22.2. The topological polar surface area (TPSA) is 60.7 Å². The Labute approximate surface area is 187 Å². The molecule has 3 nitrogen and oxygen atoms in total. The van der Waals surface area contributed by atoms with Crippen LogP contribution in [-0.2, 0) is 0 Å². The minimum Gasteiger partial charge on any atom is -0.390 e. The van der Waals surface area contributed by atoms with Crippen molar-refractivity contribution in [2.45, 2.75) is 95.7 Å². The minimum atomic E-state index is -1.01. The van der Waals surface area contributed by atoms with Crippen LogP contribution in [0.1, 0.15) is 79.1 Å². The van der Waals surface area contributed by atoms with Gasteiger partial charge in [0.15, 0.2) is 0 Å². The van der Waals surface area contributed by atoms with E-state index in [0.717, 1.165) is 30.4 Å². The zero-order valence-corrected chi connectivity index (χ0v) is 20.0. The number of hydrogen-bond acceptors (Lipinski definition) is 4. The van der Waals surface area contributed by atoms with Crippen molar-refractivity contribution in [3.05, 3.63) is 47.1 Å². The number of aliphatic hydroxyl groups excluding tert-OH is 1. The molecule has 0 amide bonds. The van der Waals surface area contributed by atoms with Crippen molar-refractivity contribution in [1.82, 2.24) is 0 Å². The van der Waals surface area contributed by atoms with Crippen molar-refractivity contribution < 1.29 is 15.3 Å². The van der Waals surface area contributed by atoms with E-state index in [1.54, 1.807) is 19.4 Å². The van der Waals surface area contributed by atoms with Gasteiger partial charge in [-0.2, -0.15) is 0 Å². The van der Waals surface area contributed by atoms with Crippen molar-refractivity contribution >= 4 is 11.8 Å². The van der Waals surface area contributed by atoms with Crippen LogP contribution in [0.5, 0.6) is 0 Å². The largest absolute Gasteiger partial charge is 0.390 e. The van der Waals surface area contributed by atoms with Crippen LogP contribution in [0.15, 0.2) is 47.1 Å². The quantitative estimate of drug-likeness (QED) is 0.373. The molecule has 30 heavy (non-hydrogen) atoms. The van der Waals surface area contributed by atoms with Gasteiger partial charge in [0.1, 0.15) is 4.93 Å². The lowest BCUT2D eigenvalue weighted by atomic mass is 9.64. The molecule has 3 aliphatic carbocycles. The average molecular weight is 433 g/mol. The van der Waals surface area contributed by atoms with Gasteiger partial charge in [0.2, 0.25) is 0 Å². The van der Waals surface area contributed by atoms with E-state index < -0.39 is 16.6 Å². The van der Waals surface area contributed by atoms with E-state index >= 15 is 0 Å². The van der Waals surface area contributed by atoms with Crippen molar-refractivity contribution in [3.63, 3.8) is 0 Å². The van der Waals surface area contributed by atoms with E-state index in [9.17, 15) is 15.3 Å². The number of hydrogen-bond donors (Lipinski definition) is 3. The Morgan fingerprint density at radius 2 is 2.07 bits per heavy atom. The molecule has 3 aliphatic rings. The SMILES string of the molecule is C=C1C(=CC=C2CCC[C@]3(C)C(CC)=CC[C@@H]23)C[C@](O)(SCCC(C)(C)O)C[C@@H]1O. The van der Waals surface area contributed by atoms with Gasteiger partial charge in [0.05, 0.1) is 11.7 Å². The summed E-state index contributed by atoms with van der Waals surface area (Å²) in [5, 5.41) is 31.6. The van der Waals surface area contributed by atoms with Crippen molar-refractivity contribution in [2.75, 3.05) is 5.75 Å². The van der Waals surface area contributed by atoms with Gasteiger partial charge in [-0.3, -0.25) is 0 Å². The molecule has 0 aromatic carbocycles. The van der Waals surface area contributed by atoms with Crippen molar-refractivity contribution in [1.29, 1.82) is 0 Å². The molecule has 4 heteroatoms. The summed E-state index contributed by atoms with van der Waals surface area (Å²) < 4.78 is 0. The highest BCUT2D eigenvalue weighted by Crippen LogP contribution is 2.55. The lowest BCUT2D eigenvalue weighted by molar-refractivity contribution is 0.0593. The molecule has 0 aromatic rings. The zero-order valence-electron chi connectivity index (χ0n) is 19.2. The molecular formula is C26H40O3S. The van der Waals surface area contributed by atoms with Crippen LogP contribution < -0.4 is 0 Å². The van der Waals surface area contributed by atoms with E-state index in [4.69, 9.17) is 0 Å².